The molecule has 4 aromatic rings. The first-order valence-corrected chi connectivity index (χ1v) is 8.71. The number of nitrogens with zero attached hydrogens (tertiary/aromatic N) is 2. The maximum atomic E-state index is 4.41. The Balaban J connectivity index is 1.79. The van der Waals surface area contributed by atoms with E-state index in [1.165, 1.54) is 13.0 Å². The zero-order valence-corrected chi connectivity index (χ0v) is 13.9. The molecule has 0 aliphatic carbocycles. The number of aromatic nitrogens is 2. The molecule has 1 aromatic carbocycles. The summed E-state index contributed by atoms with van der Waals surface area (Å²) < 4.78 is 2.45. The Morgan fingerprint density at radius 1 is 1.10 bits per heavy atom. The van der Waals surface area contributed by atoms with Crippen LogP contribution in [0.3, 0.4) is 0 Å². The number of halogens is 1. The van der Waals surface area contributed by atoms with Crippen molar-refractivity contribution in [2.45, 2.75) is 0 Å². The van der Waals surface area contributed by atoms with Gasteiger partial charge in [0.1, 0.15) is 4.83 Å². The van der Waals surface area contributed by atoms with E-state index in [2.05, 4.69) is 62.1 Å². The molecule has 0 spiro atoms. The first-order valence-electron chi connectivity index (χ1n) is 5.94. The molecule has 0 radical (unpaired) electrons. The van der Waals surface area contributed by atoms with Gasteiger partial charge in [0.2, 0.25) is 0 Å². The third-order valence-corrected chi connectivity index (χ3v) is 5.63. The molecule has 6 heteroatoms. The van der Waals surface area contributed by atoms with Gasteiger partial charge in [-0.2, -0.15) is 0 Å². The van der Waals surface area contributed by atoms with Gasteiger partial charge in [-0.1, -0.05) is 0 Å². The monoisotopic (exact) mass is 409 g/mol. The normalized spacial score (nSPS) is 11.2. The van der Waals surface area contributed by atoms with Gasteiger partial charge in [0.15, 0.2) is 0 Å². The predicted molar refractivity (Wildman–Crippen MR) is 95.2 cm³/mol. The highest BCUT2D eigenvalue weighted by Crippen LogP contribution is 2.32. The average molecular weight is 409 g/mol. The van der Waals surface area contributed by atoms with Crippen LogP contribution in [0, 0.1) is 2.88 Å². The van der Waals surface area contributed by atoms with Crippen molar-refractivity contribution in [3.05, 3.63) is 44.9 Å². The lowest BCUT2D eigenvalue weighted by Gasteiger charge is -2.07. The van der Waals surface area contributed by atoms with E-state index in [0.29, 0.717) is 0 Å². The molecule has 0 aliphatic heterocycles. The second-order valence-electron chi connectivity index (χ2n) is 4.29. The largest absolute Gasteiger partial charge is 0.355 e. The molecule has 1 N–H and O–H groups in total. The summed E-state index contributed by atoms with van der Waals surface area (Å²) in [5.41, 5.74) is 5.05. The number of thiazole rings is 1. The van der Waals surface area contributed by atoms with Crippen LogP contribution in [0.5, 0.6) is 0 Å². The number of rotatable bonds is 2. The van der Waals surface area contributed by atoms with Crippen molar-refractivity contribution in [3.8, 4) is 0 Å². The number of fused-ring (bicyclic) bond motifs is 2. The Hall–Kier alpha value is -1.25. The van der Waals surface area contributed by atoms with Crippen LogP contribution in [0.1, 0.15) is 0 Å². The molecule has 4 rings (SSSR count). The van der Waals surface area contributed by atoms with Gasteiger partial charge in [-0.05, 0) is 52.9 Å². The summed E-state index contributed by atoms with van der Waals surface area (Å²) in [7, 11) is 0. The predicted octanol–water partition coefficient (Wildman–Crippen LogP) is 5.25. The fourth-order valence-corrected chi connectivity index (χ4v) is 4.46. The molecule has 3 nitrogen and oxygen atoms in total. The Morgan fingerprint density at radius 3 is 3.00 bits per heavy atom. The number of benzene rings is 1. The molecule has 0 fully saturated rings. The highest BCUT2D eigenvalue weighted by molar-refractivity contribution is 14.1. The standard InChI is InChI=1S/C14H8IN3S2/c15-13-6-9-10(3-4-16-14(9)20-13)18-8-1-2-12-11(5-8)17-7-19-12/h1-7H,(H,16,18). The van der Waals surface area contributed by atoms with Crippen LogP contribution in [-0.4, -0.2) is 9.97 Å². The molecule has 0 bridgehead atoms. The molecule has 3 heterocycles. The van der Waals surface area contributed by atoms with Crippen LogP contribution in [0.15, 0.2) is 42.0 Å². The minimum absolute atomic E-state index is 1.03. The molecule has 0 unspecified atom stereocenters. The average Bonchev–Trinajstić information content (AvgIpc) is 3.04. The number of nitrogens with one attached hydrogen (secondary N) is 1. The van der Waals surface area contributed by atoms with Crippen molar-refractivity contribution >= 4 is 77.1 Å². The maximum Gasteiger partial charge on any atom is 0.126 e. The van der Waals surface area contributed by atoms with Crippen molar-refractivity contribution in [2.24, 2.45) is 0 Å². The van der Waals surface area contributed by atoms with E-state index in [1.54, 1.807) is 22.7 Å². The Morgan fingerprint density at radius 2 is 2.05 bits per heavy atom. The maximum absolute atomic E-state index is 4.41. The van der Waals surface area contributed by atoms with Crippen molar-refractivity contribution < 1.29 is 0 Å². The highest BCUT2D eigenvalue weighted by Gasteiger charge is 2.07. The van der Waals surface area contributed by atoms with E-state index >= 15 is 0 Å². The third kappa shape index (κ3) is 2.17. The topological polar surface area (TPSA) is 37.8 Å². The quantitative estimate of drug-likeness (QED) is 0.460. The molecule has 3 aromatic heterocycles. The van der Waals surface area contributed by atoms with E-state index in [9.17, 15) is 0 Å². The van der Waals surface area contributed by atoms with Crippen molar-refractivity contribution in [3.63, 3.8) is 0 Å². The summed E-state index contributed by atoms with van der Waals surface area (Å²) in [4.78, 5) is 9.83. The fourth-order valence-electron chi connectivity index (χ4n) is 2.11. The van der Waals surface area contributed by atoms with Gasteiger partial charge in [0.05, 0.1) is 24.3 Å². The van der Waals surface area contributed by atoms with Crippen LogP contribution < -0.4 is 5.32 Å². The van der Waals surface area contributed by atoms with Gasteiger partial charge < -0.3 is 5.32 Å². The van der Waals surface area contributed by atoms with Gasteiger partial charge in [-0.15, -0.1) is 22.7 Å². The number of hydrogen-bond donors (Lipinski definition) is 1. The van der Waals surface area contributed by atoms with E-state index in [0.717, 1.165) is 21.7 Å². The van der Waals surface area contributed by atoms with E-state index in [-0.39, 0.29) is 0 Å². The minimum Gasteiger partial charge on any atom is -0.355 e. The van der Waals surface area contributed by atoms with Crippen LogP contribution in [0.25, 0.3) is 20.4 Å². The summed E-state index contributed by atoms with van der Waals surface area (Å²) in [5, 5.41) is 4.64. The molecule has 0 atom stereocenters. The minimum atomic E-state index is 1.03. The van der Waals surface area contributed by atoms with Crippen molar-refractivity contribution in [1.29, 1.82) is 0 Å². The third-order valence-electron chi connectivity index (χ3n) is 3.01. The van der Waals surface area contributed by atoms with Crippen LogP contribution >= 0.6 is 45.3 Å². The number of hydrogen-bond acceptors (Lipinski definition) is 5. The van der Waals surface area contributed by atoms with E-state index < -0.39 is 0 Å². The molecule has 0 amide bonds. The Bertz CT molecular complexity index is 913. The van der Waals surface area contributed by atoms with E-state index in [1.807, 2.05) is 17.8 Å². The SMILES string of the molecule is Ic1cc2c(Nc3ccc4scnc4c3)ccnc2s1. The fraction of sp³-hybridized carbons (Fsp3) is 0. The van der Waals surface area contributed by atoms with E-state index in [4.69, 9.17) is 0 Å². The molecular weight excluding hydrogens is 401 g/mol. The molecule has 98 valence electrons. The summed E-state index contributed by atoms with van der Waals surface area (Å²) in [6.07, 6.45) is 1.85. The van der Waals surface area contributed by atoms with Gasteiger partial charge in [0.25, 0.3) is 0 Å². The molecular formula is C14H8IN3S2. The lowest BCUT2D eigenvalue weighted by molar-refractivity contribution is 1.43. The molecule has 20 heavy (non-hydrogen) atoms. The zero-order chi connectivity index (χ0) is 13.5. The summed E-state index contributed by atoms with van der Waals surface area (Å²) >= 11 is 5.70. The lowest BCUT2D eigenvalue weighted by atomic mass is 10.2. The first kappa shape index (κ1) is 12.5. The Labute approximate surface area is 136 Å². The lowest BCUT2D eigenvalue weighted by Crippen LogP contribution is -1.91. The smallest absolute Gasteiger partial charge is 0.126 e. The second kappa shape index (κ2) is 4.94. The molecule has 0 saturated carbocycles. The van der Waals surface area contributed by atoms with Crippen LogP contribution in [0.2, 0.25) is 0 Å². The highest BCUT2D eigenvalue weighted by atomic mass is 127. The molecule has 0 saturated heterocycles. The van der Waals surface area contributed by atoms with Crippen LogP contribution in [-0.2, 0) is 0 Å². The zero-order valence-electron chi connectivity index (χ0n) is 10.1. The van der Waals surface area contributed by atoms with Crippen molar-refractivity contribution in [2.75, 3.05) is 5.32 Å². The number of anilines is 2. The van der Waals surface area contributed by atoms with Crippen molar-refractivity contribution in [1.82, 2.24) is 9.97 Å². The summed E-state index contributed by atoms with van der Waals surface area (Å²) in [5.74, 6) is 0. The Kier molecular flexibility index (Phi) is 3.08. The second-order valence-corrected chi connectivity index (χ2v) is 8.10. The number of pyridine rings is 1. The van der Waals surface area contributed by atoms with Gasteiger partial charge in [0, 0.05) is 17.3 Å². The van der Waals surface area contributed by atoms with Gasteiger partial charge in [-0.3, -0.25) is 0 Å². The summed E-state index contributed by atoms with van der Waals surface area (Å²) in [6, 6.07) is 10.4. The van der Waals surface area contributed by atoms with Gasteiger partial charge in [-0.25, -0.2) is 9.97 Å². The summed E-state index contributed by atoms with van der Waals surface area (Å²) in [6.45, 7) is 0. The molecule has 0 aliphatic rings. The van der Waals surface area contributed by atoms with Crippen LogP contribution in [0.4, 0.5) is 11.4 Å². The van der Waals surface area contributed by atoms with Gasteiger partial charge >= 0.3 is 0 Å². The number of thiophene rings is 1. The first-order chi connectivity index (χ1) is 9.79.